The summed E-state index contributed by atoms with van der Waals surface area (Å²) in [5.74, 6) is -1.27. The fourth-order valence-corrected chi connectivity index (χ4v) is 4.58. The molecule has 0 bridgehead atoms. The molecular formula is C34H30O10. The lowest BCUT2D eigenvalue weighted by Gasteiger charge is -2.13. The molecule has 226 valence electrons. The van der Waals surface area contributed by atoms with Crippen molar-refractivity contribution in [1.82, 2.24) is 0 Å². The molecule has 4 aromatic rings. The van der Waals surface area contributed by atoms with Crippen molar-refractivity contribution < 1.29 is 47.6 Å². The molecule has 0 saturated heterocycles. The number of hydrogen-bond donors (Lipinski definition) is 0. The van der Waals surface area contributed by atoms with E-state index in [1.54, 1.807) is 48.5 Å². The predicted molar refractivity (Wildman–Crippen MR) is 161 cm³/mol. The van der Waals surface area contributed by atoms with E-state index in [2.05, 4.69) is 0 Å². The van der Waals surface area contributed by atoms with E-state index in [9.17, 15) is 19.2 Å². The Morgan fingerprint density at radius 3 is 0.841 bits per heavy atom. The quantitative estimate of drug-likeness (QED) is 0.143. The number of methoxy groups -OCH3 is 6. The lowest BCUT2D eigenvalue weighted by molar-refractivity contribution is 0.0816. The minimum atomic E-state index is -0.739. The van der Waals surface area contributed by atoms with Crippen molar-refractivity contribution in [2.75, 3.05) is 42.7 Å². The van der Waals surface area contributed by atoms with Crippen LogP contribution in [0.2, 0.25) is 0 Å². The molecule has 0 unspecified atom stereocenters. The van der Waals surface area contributed by atoms with E-state index in [-0.39, 0.29) is 45.3 Å². The molecule has 0 radical (unpaired) electrons. The van der Waals surface area contributed by atoms with Gasteiger partial charge in [0, 0.05) is 22.3 Å². The highest BCUT2D eigenvalue weighted by Crippen LogP contribution is 2.39. The molecule has 4 aromatic carbocycles. The number of rotatable bonds is 13. The lowest BCUT2D eigenvalue weighted by atomic mass is 9.96. The molecule has 4 rings (SSSR count). The van der Waals surface area contributed by atoms with Crippen LogP contribution in [0.4, 0.5) is 0 Å². The third-order valence-corrected chi connectivity index (χ3v) is 6.89. The van der Waals surface area contributed by atoms with Crippen LogP contribution in [0.1, 0.15) is 41.4 Å². The summed E-state index contributed by atoms with van der Waals surface area (Å²) in [7, 11) is 8.56. The van der Waals surface area contributed by atoms with Crippen molar-refractivity contribution in [3.8, 4) is 45.6 Å². The maximum atomic E-state index is 13.0. The molecule has 10 heteroatoms. The summed E-state index contributed by atoms with van der Waals surface area (Å²) in [6.07, 6.45) is 0. The van der Waals surface area contributed by atoms with Gasteiger partial charge in [-0.1, -0.05) is 48.5 Å². The van der Waals surface area contributed by atoms with Crippen molar-refractivity contribution in [2.45, 2.75) is 0 Å². The Bertz CT molecular complexity index is 1540. The van der Waals surface area contributed by atoms with Crippen molar-refractivity contribution in [3.05, 3.63) is 95.1 Å². The van der Waals surface area contributed by atoms with E-state index < -0.39 is 23.1 Å². The van der Waals surface area contributed by atoms with Gasteiger partial charge in [0.05, 0.1) is 42.7 Å². The molecule has 0 fully saturated rings. The van der Waals surface area contributed by atoms with Gasteiger partial charge in [-0.05, 0) is 35.4 Å². The van der Waals surface area contributed by atoms with Gasteiger partial charge in [-0.3, -0.25) is 19.2 Å². The molecule has 0 aliphatic heterocycles. The zero-order valence-corrected chi connectivity index (χ0v) is 25.0. The van der Waals surface area contributed by atoms with E-state index >= 15 is 0 Å². The minimum Gasteiger partial charge on any atom is -0.493 e. The van der Waals surface area contributed by atoms with Gasteiger partial charge < -0.3 is 28.4 Å². The Labute approximate surface area is 254 Å². The predicted octanol–water partition coefficient (Wildman–Crippen LogP) is 5.54. The standard InChI is InChI=1S/C34H30O10/c1-39-25-15-23(16-26(40-2)33(25)43-5)31(37)29(35)21-11-7-19(8-12-21)20-9-13-22(14-10-20)30(36)32(38)24-17-27(41-3)34(44-6)28(18-24)42-4/h7-18H,1-6H3. The summed E-state index contributed by atoms with van der Waals surface area (Å²) in [6, 6.07) is 18.6. The largest absolute Gasteiger partial charge is 0.493 e. The molecule has 0 aliphatic carbocycles. The van der Waals surface area contributed by atoms with Crippen LogP contribution < -0.4 is 28.4 Å². The fourth-order valence-electron chi connectivity index (χ4n) is 4.58. The molecule has 0 aliphatic rings. The average molecular weight is 599 g/mol. The molecule has 0 atom stereocenters. The van der Waals surface area contributed by atoms with Gasteiger partial charge >= 0.3 is 0 Å². The summed E-state index contributed by atoms with van der Waals surface area (Å²) >= 11 is 0. The number of Topliss-reactive ketones (excluding diaryl/α,β-unsaturated/α-hetero) is 4. The summed E-state index contributed by atoms with van der Waals surface area (Å²) < 4.78 is 31.7. The number of ketones is 4. The van der Waals surface area contributed by atoms with Crippen molar-refractivity contribution in [3.63, 3.8) is 0 Å². The van der Waals surface area contributed by atoms with Gasteiger partial charge in [0.15, 0.2) is 23.0 Å². The fraction of sp³-hybridized carbons (Fsp3) is 0.176. The second-order valence-electron chi connectivity index (χ2n) is 9.30. The zero-order chi connectivity index (χ0) is 32.0. The van der Waals surface area contributed by atoms with E-state index in [1.807, 2.05) is 0 Å². The molecule has 0 heterocycles. The van der Waals surface area contributed by atoms with E-state index in [0.29, 0.717) is 11.5 Å². The molecule has 44 heavy (non-hydrogen) atoms. The number of ether oxygens (including phenoxy) is 6. The molecule has 0 amide bonds. The Morgan fingerprint density at radius 1 is 0.364 bits per heavy atom. The Kier molecular flexibility index (Phi) is 9.64. The van der Waals surface area contributed by atoms with Gasteiger partial charge in [-0.15, -0.1) is 0 Å². The first kappa shape index (κ1) is 31.3. The third kappa shape index (κ3) is 6.10. The first-order valence-electron chi connectivity index (χ1n) is 13.2. The number of carbonyl (C=O) groups is 4. The Balaban J connectivity index is 1.52. The van der Waals surface area contributed by atoms with Crippen LogP contribution in [0.15, 0.2) is 72.8 Å². The van der Waals surface area contributed by atoms with Crippen LogP contribution in [0.3, 0.4) is 0 Å². The van der Waals surface area contributed by atoms with Crippen LogP contribution in [-0.2, 0) is 0 Å². The molecular weight excluding hydrogens is 568 g/mol. The van der Waals surface area contributed by atoms with Crippen LogP contribution in [0.5, 0.6) is 34.5 Å². The first-order valence-corrected chi connectivity index (χ1v) is 13.2. The summed E-state index contributed by atoms with van der Waals surface area (Å²) in [4.78, 5) is 52.1. The second-order valence-corrected chi connectivity index (χ2v) is 9.30. The van der Waals surface area contributed by atoms with Gasteiger partial charge in [0.25, 0.3) is 0 Å². The van der Waals surface area contributed by atoms with Gasteiger partial charge in [0.1, 0.15) is 0 Å². The smallest absolute Gasteiger partial charge is 0.233 e. The Hall–Kier alpha value is -5.64. The van der Waals surface area contributed by atoms with E-state index in [0.717, 1.165) is 11.1 Å². The van der Waals surface area contributed by atoms with Crippen LogP contribution in [0.25, 0.3) is 11.1 Å². The van der Waals surface area contributed by atoms with Crippen molar-refractivity contribution >= 4 is 23.1 Å². The van der Waals surface area contributed by atoms with Crippen LogP contribution >= 0.6 is 0 Å². The molecule has 0 spiro atoms. The van der Waals surface area contributed by atoms with E-state index in [1.165, 1.54) is 66.9 Å². The maximum Gasteiger partial charge on any atom is 0.233 e. The molecule has 0 saturated carbocycles. The minimum absolute atomic E-state index is 0.0925. The average Bonchev–Trinajstić information content (AvgIpc) is 3.08. The third-order valence-electron chi connectivity index (χ3n) is 6.89. The second kappa shape index (κ2) is 13.6. The summed E-state index contributed by atoms with van der Waals surface area (Å²) in [6.45, 7) is 0. The molecule has 0 N–H and O–H groups in total. The number of hydrogen-bond acceptors (Lipinski definition) is 10. The first-order chi connectivity index (χ1) is 21.2. The van der Waals surface area contributed by atoms with Gasteiger partial charge in [0.2, 0.25) is 34.6 Å². The SMILES string of the molecule is COc1cc(C(=O)C(=O)c2ccc(-c3ccc(C(=O)C(=O)c4cc(OC)c(OC)c(OC)c4)cc3)cc2)cc(OC)c1OC. The molecule has 0 aromatic heterocycles. The van der Waals surface area contributed by atoms with Crippen molar-refractivity contribution in [2.24, 2.45) is 0 Å². The van der Waals surface area contributed by atoms with Crippen molar-refractivity contribution in [1.29, 1.82) is 0 Å². The maximum absolute atomic E-state index is 13.0. The highest BCUT2D eigenvalue weighted by atomic mass is 16.5. The molecule has 10 nitrogen and oxygen atoms in total. The topological polar surface area (TPSA) is 124 Å². The highest BCUT2D eigenvalue weighted by Gasteiger charge is 2.24. The normalized spacial score (nSPS) is 10.4. The van der Waals surface area contributed by atoms with Crippen LogP contribution in [-0.4, -0.2) is 65.8 Å². The van der Waals surface area contributed by atoms with Gasteiger partial charge in [-0.25, -0.2) is 0 Å². The van der Waals surface area contributed by atoms with E-state index in [4.69, 9.17) is 28.4 Å². The summed E-state index contributed by atoms with van der Waals surface area (Å²) in [5, 5.41) is 0. The summed E-state index contributed by atoms with van der Waals surface area (Å²) in [5.41, 5.74) is 2.03. The highest BCUT2D eigenvalue weighted by molar-refractivity contribution is 6.50. The zero-order valence-electron chi connectivity index (χ0n) is 25.0. The Morgan fingerprint density at radius 2 is 0.614 bits per heavy atom. The number of benzene rings is 4. The number of carbonyl (C=O) groups excluding carboxylic acids is 4. The lowest BCUT2D eigenvalue weighted by Crippen LogP contribution is -2.15. The monoisotopic (exact) mass is 598 g/mol. The van der Waals surface area contributed by atoms with Gasteiger partial charge in [-0.2, -0.15) is 0 Å². The van der Waals surface area contributed by atoms with Crippen LogP contribution in [0, 0.1) is 0 Å².